The Hall–Kier alpha value is -3.11. The largest absolute Gasteiger partial charge is 0.493 e. The van der Waals surface area contributed by atoms with E-state index < -0.39 is 12.1 Å². The number of aryl methyl sites for hydroxylation is 1. The molecule has 0 spiro atoms. The second-order valence-corrected chi connectivity index (χ2v) is 7.34. The monoisotopic (exact) mass is 448 g/mol. The molecule has 10 nitrogen and oxygen atoms in total. The number of anilines is 2. The summed E-state index contributed by atoms with van der Waals surface area (Å²) in [5, 5.41) is 13.2. The van der Waals surface area contributed by atoms with Crippen LogP contribution in [0.5, 0.6) is 5.75 Å². The van der Waals surface area contributed by atoms with Crippen molar-refractivity contribution in [2.75, 3.05) is 18.1 Å². The molecule has 0 fully saturated rings. The van der Waals surface area contributed by atoms with Crippen LogP contribution in [-0.4, -0.2) is 32.2 Å². The van der Waals surface area contributed by atoms with Crippen LogP contribution in [0.2, 0.25) is 5.15 Å². The Balaban J connectivity index is 1.98. The van der Waals surface area contributed by atoms with Gasteiger partial charge in [0, 0.05) is 13.0 Å². The van der Waals surface area contributed by atoms with Gasteiger partial charge in [-0.25, -0.2) is 14.5 Å². The molecule has 1 atom stereocenters. The number of halogens is 1. The van der Waals surface area contributed by atoms with Gasteiger partial charge in [-0.3, -0.25) is 4.79 Å². The van der Waals surface area contributed by atoms with Crippen LogP contribution in [0, 0.1) is 0 Å². The van der Waals surface area contributed by atoms with Crippen molar-refractivity contribution in [3.05, 3.63) is 34.9 Å². The molecule has 0 aliphatic rings. The standard InChI is InChI=1S/C20H26ClN7O3/c1-4-8-31-12-6-7-13-14(9-12)28(11(3)29)15(27(13)5-2)10-24-20(30)16-18(22)26-19(23)17(21)25-16/h6-7,9,11,29H,4-5,8,10H2,1-3H3,(H4-,22,23,24,26,30)/p+1/t11-/m0/s1. The zero-order valence-electron chi connectivity index (χ0n) is 17.7. The molecule has 3 rings (SSSR count). The number of benzene rings is 1. The van der Waals surface area contributed by atoms with Crippen LogP contribution in [0.3, 0.4) is 0 Å². The minimum Gasteiger partial charge on any atom is -0.493 e. The molecular formula is C20H27ClN7O3+. The topological polar surface area (TPSA) is 145 Å². The highest BCUT2D eigenvalue weighted by molar-refractivity contribution is 6.31. The zero-order chi connectivity index (χ0) is 22.7. The van der Waals surface area contributed by atoms with Crippen molar-refractivity contribution in [1.29, 1.82) is 0 Å². The fourth-order valence-corrected chi connectivity index (χ4v) is 3.57. The third kappa shape index (κ3) is 4.49. The van der Waals surface area contributed by atoms with Crippen LogP contribution in [0.4, 0.5) is 11.6 Å². The summed E-state index contributed by atoms with van der Waals surface area (Å²) >= 11 is 5.88. The lowest BCUT2D eigenvalue weighted by Gasteiger charge is -2.09. The van der Waals surface area contributed by atoms with Crippen LogP contribution in [0.1, 0.15) is 49.7 Å². The van der Waals surface area contributed by atoms with Gasteiger partial charge in [0.25, 0.3) is 11.7 Å². The van der Waals surface area contributed by atoms with Crippen LogP contribution in [-0.2, 0) is 13.1 Å². The number of aliphatic hydroxyl groups excluding tert-OH is 1. The highest BCUT2D eigenvalue weighted by Crippen LogP contribution is 2.23. The van der Waals surface area contributed by atoms with Crippen molar-refractivity contribution in [3.63, 3.8) is 0 Å². The second kappa shape index (κ2) is 9.36. The van der Waals surface area contributed by atoms with Crippen molar-refractivity contribution in [1.82, 2.24) is 19.9 Å². The van der Waals surface area contributed by atoms with Gasteiger partial charge in [0.1, 0.15) is 12.3 Å². The zero-order valence-corrected chi connectivity index (χ0v) is 18.5. The van der Waals surface area contributed by atoms with Crippen molar-refractivity contribution < 1.29 is 19.2 Å². The number of imidazole rings is 1. The molecule has 1 aromatic carbocycles. The lowest BCUT2D eigenvalue weighted by Crippen LogP contribution is -2.44. The summed E-state index contributed by atoms with van der Waals surface area (Å²) in [5.74, 6) is 0.698. The van der Waals surface area contributed by atoms with Gasteiger partial charge in [0.2, 0.25) is 0 Å². The molecule has 0 bridgehead atoms. The molecule has 2 heterocycles. The number of carbonyl (C=O) groups is 1. The number of fused-ring (bicyclic) bond motifs is 1. The molecule has 0 unspecified atom stereocenters. The second-order valence-electron chi connectivity index (χ2n) is 6.98. The van der Waals surface area contributed by atoms with Crippen LogP contribution in [0.25, 0.3) is 11.0 Å². The Morgan fingerprint density at radius 1 is 1.32 bits per heavy atom. The molecule has 6 N–H and O–H groups in total. The van der Waals surface area contributed by atoms with E-state index in [1.165, 1.54) is 0 Å². The molecule has 0 saturated heterocycles. The van der Waals surface area contributed by atoms with E-state index in [9.17, 15) is 9.90 Å². The molecule has 1 amide bonds. The maximum atomic E-state index is 12.7. The Morgan fingerprint density at radius 3 is 2.71 bits per heavy atom. The maximum Gasteiger partial charge on any atom is 0.279 e. The van der Waals surface area contributed by atoms with Gasteiger partial charge in [-0.1, -0.05) is 18.5 Å². The van der Waals surface area contributed by atoms with Crippen molar-refractivity contribution in [3.8, 4) is 5.75 Å². The minimum atomic E-state index is -0.834. The Kier molecular flexibility index (Phi) is 6.81. The predicted octanol–water partition coefficient (Wildman–Crippen LogP) is 1.79. The molecule has 166 valence electrons. The van der Waals surface area contributed by atoms with E-state index in [1.807, 2.05) is 36.6 Å². The highest BCUT2D eigenvalue weighted by Gasteiger charge is 2.28. The summed E-state index contributed by atoms with van der Waals surface area (Å²) in [4.78, 5) is 20.4. The Labute approximate surface area is 184 Å². The summed E-state index contributed by atoms with van der Waals surface area (Å²) in [6.07, 6.45) is 0.0579. The third-order valence-corrected chi connectivity index (χ3v) is 5.05. The molecule has 31 heavy (non-hydrogen) atoms. The first-order chi connectivity index (χ1) is 14.8. The van der Waals surface area contributed by atoms with Crippen LogP contribution >= 0.6 is 11.6 Å². The average molecular weight is 449 g/mol. The number of hydrogen-bond donors (Lipinski definition) is 4. The van der Waals surface area contributed by atoms with Gasteiger partial charge in [-0.15, -0.1) is 0 Å². The van der Waals surface area contributed by atoms with Gasteiger partial charge in [-0.2, -0.15) is 4.57 Å². The third-order valence-electron chi connectivity index (χ3n) is 4.78. The van der Waals surface area contributed by atoms with E-state index in [0.29, 0.717) is 24.7 Å². The molecule has 0 aliphatic heterocycles. The number of aliphatic hydroxyl groups is 1. The maximum absolute atomic E-state index is 12.7. The van der Waals surface area contributed by atoms with E-state index in [1.54, 1.807) is 11.5 Å². The van der Waals surface area contributed by atoms with Gasteiger partial charge < -0.3 is 26.6 Å². The lowest BCUT2D eigenvalue weighted by atomic mass is 10.3. The van der Waals surface area contributed by atoms with E-state index in [0.717, 1.165) is 17.5 Å². The number of nitrogens with zero attached hydrogens (tertiary/aromatic N) is 4. The van der Waals surface area contributed by atoms with E-state index in [2.05, 4.69) is 15.3 Å². The first kappa shape index (κ1) is 22.6. The number of nitrogens with two attached hydrogens (primary N) is 2. The fourth-order valence-electron chi connectivity index (χ4n) is 3.44. The summed E-state index contributed by atoms with van der Waals surface area (Å²) in [5.41, 5.74) is 12.9. The molecule has 3 aromatic rings. The molecule has 2 aromatic heterocycles. The fraction of sp³-hybridized carbons (Fsp3) is 0.400. The molecule has 0 radical (unpaired) electrons. The molecular weight excluding hydrogens is 422 g/mol. The van der Waals surface area contributed by atoms with Gasteiger partial charge >= 0.3 is 0 Å². The molecule has 0 aliphatic carbocycles. The normalized spacial score (nSPS) is 12.2. The summed E-state index contributed by atoms with van der Waals surface area (Å²) in [7, 11) is 0. The highest BCUT2D eigenvalue weighted by atomic mass is 35.5. The van der Waals surface area contributed by atoms with Crippen LogP contribution in [0.15, 0.2) is 18.2 Å². The number of nitrogen functional groups attached to an aromatic ring is 2. The summed E-state index contributed by atoms with van der Waals surface area (Å²) in [6, 6.07) is 5.72. The lowest BCUT2D eigenvalue weighted by molar-refractivity contribution is -0.740. The van der Waals surface area contributed by atoms with Gasteiger partial charge in [0.15, 0.2) is 39.7 Å². The number of amides is 1. The number of nitrogens with one attached hydrogen (secondary N) is 1. The summed E-state index contributed by atoms with van der Waals surface area (Å²) in [6.45, 7) is 7.03. The quantitative estimate of drug-likeness (QED) is 0.384. The number of rotatable bonds is 8. The Bertz CT molecular complexity index is 1110. The van der Waals surface area contributed by atoms with Crippen molar-refractivity contribution in [2.45, 2.75) is 46.5 Å². The minimum absolute atomic E-state index is 0.0464. The number of ether oxygens (including phenoxy) is 1. The number of carbonyl (C=O) groups excluding carboxylic acids is 1. The first-order valence-corrected chi connectivity index (χ1v) is 10.4. The van der Waals surface area contributed by atoms with Crippen molar-refractivity contribution >= 4 is 40.2 Å². The van der Waals surface area contributed by atoms with Gasteiger partial charge in [-0.05, 0) is 25.5 Å². The van der Waals surface area contributed by atoms with Gasteiger partial charge in [0.05, 0.1) is 13.2 Å². The molecule has 0 saturated carbocycles. The smallest absolute Gasteiger partial charge is 0.279 e. The van der Waals surface area contributed by atoms with Crippen LogP contribution < -0.4 is 26.1 Å². The number of hydrogen-bond acceptors (Lipinski definition) is 7. The van der Waals surface area contributed by atoms with Crippen molar-refractivity contribution in [2.24, 2.45) is 0 Å². The van der Waals surface area contributed by atoms with E-state index in [4.69, 9.17) is 27.8 Å². The predicted molar refractivity (Wildman–Crippen MR) is 118 cm³/mol. The molecule has 11 heteroatoms. The van der Waals surface area contributed by atoms with E-state index >= 15 is 0 Å². The average Bonchev–Trinajstić information content (AvgIpc) is 3.05. The van der Waals surface area contributed by atoms with E-state index in [-0.39, 0.29) is 29.0 Å². The Morgan fingerprint density at radius 2 is 2.06 bits per heavy atom. The number of aromatic nitrogens is 4. The summed E-state index contributed by atoms with van der Waals surface area (Å²) < 4.78 is 9.51. The SMILES string of the molecule is CCCOc1ccc2c(c1)[n+]([C@H](C)O)c(CNC(=O)c1nc(Cl)c(N)nc1N)n2CC. The first-order valence-electron chi connectivity index (χ1n) is 10.0.